The van der Waals surface area contributed by atoms with Gasteiger partial charge in [0.1, 0.15) is 6.54 Å². The van der Waals surface area contributed by atoms with E-state index in [1.165, 1.54) is 0 Å². The number of nitrogens with zero attached hydrogens (tertiary/aromatic N) is 4. The molecule has 0 unspecified atom stereocenters. The molecule has 2 heterocycles. The van der Waals surface area contributed by atoms with Crippen LogP contribution >= 0.6 is 12.2 Å². The van der Waals surface area contributed by atoms with Gasteiger partial charge in [0.2, 0.25) is 10.7 Å². The maximum Gasteiger partial charge on any atom is 0.246 e. The van der Waals surface area contributed by atoms with E-state index in [1.54, 1.807) is 4.68 Å². The summed E-state index contributed by atoms with van der Waals surface area (Å²) in [7, 11) is 0. The van der Waals surface area contributed by atoms with Gasteiger partial charge in [0, 0.05) is 24.5 Å². The molecule has 25 heavy (non-hydrogen) atoms. The van der Waals surface area contributed by atoms with Gasteiger partial charge in [-0.15, -0.1) is 0 Å². The van der Waals surface area contributed by atoms with Crippen LogP contribution < -0.4 is 5.32 Å². The van der Waals surface area contributed by atoms with Gasteiger partial charge in [-0.2, -0.15) is 5.10 Å². The van der Waals surface area contributed by atoms with E-state index in [2.05, 4.69) is 17.3 Å². The number of hydrogen-bond donors (Lipinski definition) is 1. The Balaban J connectivity index is 1.84. The molecule has 0 aliphatic rings. The number of carbonyl (C=O) groups is 1. The highest BCUT2D eigenvalue weighted by atomic mass is 32.1. The van der Waals surface area contributed by atoms with Crippen molar-refractivity contribution in [2.75, 3.05) is 5.32 Å². The van der Waals surface area contributed by atoms with Crippen molar-refractivity contribution in [1.29, 1.82) is 0 Å². The third-order valence-electron chi connectivity index (χ3n) is 3.98. The first-order chi connectivity index (χ1) is 12.1. The minimum absolute atomic E-state index is 0.0815. The molecule has 6 nitrogen and oxygen atoms in total. The number of rotatable bonds is 6. The SMILES string of the molecule is CCc1ccccc1NC(=O)Cn1nc(CC)n(-n2cccc2)c1=S. The number of hydrogen-bond acceptors (Lipinski definition) is 3. The first kappa shape index (κ1) is 17.2. The molecule has 0 aliphatic heterocycles. The zero-order valence-electron chi connectivity index (χ0n) is 14.3. The summed E-state index contributed by atoms with van der Waals surface area (Å²) in [6.45, 7) is 4.16. The number of aryl methyl sites for hydroxylation is 2. The van der Waals surface area contributed by atoms with Crippen LogP contribution in [0.15, 0.2) is 48.8 Å². The summed E-state index contributed by atoms with van der Waals surface area (Å²) < 4.78 is 5.77. The summed E-state index contributed by atoms with van der Waals surface area (Å²) in [5.74, 6) is 0.666. The van der Waals surface area contributed by atoms with E-state index in [-0.39, 0.29) is 12.5 Å². The van der Waals surface area contributed by atoms with E-state index in [9.17, 15) is 4.79 Å². The van der Waals surface area contributed by atoms with Gasteiger partial charge in [-0.25, -0.2) is 9.36 Å². The predicted octanol–water partition coefficient (Wildman–Crippen LogP) is 3.29. The molecule has 3 rings (SSSR count). The van der Waals surface area contributed by atoms with Crippen molar-refractivity contribution in [2.45, 2.75) is 33.2 Å². The minimum atomic E-state index is -0.142. The first-order valence-electron chi connectivity index (χ1n) is 8.34. The fourth-order valence-electron chi connectivity index (χ4n) is 2.73. The molecular formula is C18H21N5OS. The van der Waals surface area contributed by atoms with E-state index in [0.29, 0.717) is 4.77 Å². The molecule has 0 fully saturated rings. The fraction of sp³-hybridized carbons (Fsp3) is 0.278. The number of carbonyl (C=O) groups excluding carboxylic acids is 1. The lowest BCUT2D eigenvalue weighted by Crippen LogP contribution is -2.20. The number of para-hydroxylation sites is 1. The minimum Gasteiger partial charge on any atom is -0.324 e. The molecule has 3 aromatic rings. The first-order valence-corrected chi connectivity index (χ1v) is 8.75. The van der Waals surface area contributed by atoms with Gasteiger partial charge in [0.15, 0.2) is 5.82 Å². The van der Waals surface area contributed by atoms with Crippen molar-refractivity contribution < 1.29 is 4.79 Å². The van der Waals surface area contributed by atoms with Gasteiger partial charge in [-0.3, -0.25) is 9.47 Å². The summed E-state index contributed by atoms with van der Waals surface area (Å²) in [6.07, 6.45) is 5.38. The van der Waals surface area contributed by atoms with E-state index < -0.39 is 0 Å². The summed E-state index contributed by atoms with van der Waals surface area (Å²) in [6, 6.07) is 11.6. The average molecular weight is 355 g/mol. The molecule has 0 atom stereocenters. The second-order valence-electron chi connectivity index (χ2n) is 5.64. The second-order valence-corrected chi connectivity index (χ2v) is 6.01. The number of benzene rings is 1. The number of nitrogens with one attached hydrogen (secondary N) is 1. The van der Waals surface area contributed by atoms with Crippen LogP contribution in [0.1, 0.15) is 25.2 Å². The van der Waals surface area contributed by atoms with Gasteiger partial charge in [0.05, 0.1) is 0 Å². The monoisotopic (exact) mass is 355 g/mol. The lowest BCUT2D eigenvalue weighted by atomic mass is 10.1. The standard InChI is InChI=1S/C18H21N5OS/c1-3-14-9-5-6-10-15(14)19-17(24)13-22-18(25)23(16(4-2)20-22)21-11-7-8-12-21/h5-12H,3-4,13H2,1-2H3,(H,19,24). The summed E-state index contributed by atoms with van der Waals surface area (Å²) in [4.78, 5) is 12.5. The smallest absolute Gasteiger partial charge is 0.246 e. The quantitative estimate of drug-likeness (QED) is 0.690. The Morgan fingerprint density at radius 2 is 1.84 bits per heavy atom. The van der Waals surface area contributed by atoms with Crippen LogP contribution in [0.25, 0.3) is 0 Å². The Kier molecular flexibility index (Phi) is 5.14. The molecule has 1 N–H and O–H groups in total. The highest BCUT2D eigenvalue weighted by Crippen LogP contribution is 2.15. The number of anilines is 1. The van der Waals surface area contributed by atoms with Gasteiger partial charge in [0.25, 0.3) is 0 Å². The van der Waals surface area contributed by atoms with E-state index in [0.717, 1.165) is 29.9 Å². The molecule has 0 aliphatic carbocycles. The van der Waals surface area contributed by atoms with E-state index >= 15 is 0 Å². The van der Waals surface area contributed by atoms with Gasteiger partial charge in [-0.05, 0) is 42.4 Å². The highest BCUT2D eigenvalue weighted by molar-refractivity contribution is 7.71. The van der Waals surface area contributed by atoms with Crippen molar-refractivity contribution in [1.82, 2.24) is 19.1 Å². The molecule has 0 bridgehead atoms. The number of amides is 1. The Labute approximate surface area is 151 Å². The molecule has 1 amide bonds. The lowest BCUT2D eigenvalue weighted by molar-refractivity contribution is -0.116. The molecule has 0 saturated carbocycles. The van der Waals surface area contributed by atoms with Gasteiger partial charge in [-0.1, -0.05) is 32.0 Å². The molecule has 0 saturated heterocycles. The maximum atomic E-state index is 12.5. The van der Waals surface area contributed by atoms with Crippen LogP contribution in [0, 0.1) is 4.77 Å². The molecule has 0 radical (unpaired) electrons. The topological polar surface area (TPSA) is 56.8 Å². The third-order valence-corrected chi connectivity index (χ3v) is 4.37. The Hall–Kier alpha value is -2.67. The van der Waals surface area contributed by atoms with Crippen molar-refractivity contribution >= 4 is 23.8 Å². The Bertz CT molecular complexity index is 923. The molecule has 130 valence electrons. The zero-order chi connectivity index (χ0) is 17.8. The summed E-state index contributed by atoms with van der Waals surface area (Å²) in [5, 5.41) is 7.46. The van der Waals surface area contributed by atoms with Crippen LogP contribution in [-0.4, -0.2) is 25.0 Å². The predicted molar refractivity (Wildman–Crippen MR) is 100 cm³/mol. The molecule has 0 spiro atoms. The Morgan fingerprint density at radius 1 is 1.12 bits per heavy atom. The van der Waals surface area contributed by atoms with Crippen LogP contribution in [0.4, 0.5) is 5.69 Å². The highest BCUT2D eigenvalue weighted by Gasteiger charge is 2.14. The molecule has 7 heteroatoms. The van der Waals surface area contributed by atoms with Crippen molar-refractivity contribution in [3.05, 3.63) is 65.0 Å². The van der Waals surface area contributed by atoms with E-state index in [1.807, 2.05) is 65.1 Å². The van der Waals surface area contributed by atoms with Gasteiger partial charge < -0.3 is 5.32 Å². The summed E-state index contributed by atoms with van der Waals surface area (Å²) >= 11 is 5.52. The normalized spacial score (nSPS) is 10.8. The molecular weight excluding hydrogens is 334 g/mol. The number of aromatic nitrogens is 4. The van der Waals surface area contributed by atoms with Crippen molar-refractivity contribution in [3.8, 4) is 0 Å². The third kappa shape index (κ3) is 3.56. The molecule has 1 aromatic carbocycles. The summed E-state index contributed by atoms with van der Waals surface area (Å²) in [5.41, 5.74) is 1.94. The van der Waals surface area contributed by atoms with E-state index in [4.69, 9.17) is 12.2 Å². The maximum absolute atomic E-state index is 12.5. The lowest BCUT2D eigenvalue weighted by Gasteiger charge is -2.09. The average Bonchev–Trinajstić information content (AvgIpc) is 3.23. The largest absolute Gasteiger partial charge is 0.324 e. The molecule has 2 aromatic heterocycles. The fourth-order valence-corrected chi connectivity index (χ4v) is 3.04. The second kappa shape index (κ2) is 7.48. The Morgan fingerprint density at radius 3 is 2.52 bits per heavy atom. The zero-order valence-corrected chi connectivity index (χ0v) is 15.2. The van der Waals surface area contributed by atoms with Crippen LogP contribution in [0.2, 0.25) is 0 Å². The van der Waals surface area contributed by atoms with Crippen LogP contribution in [0.5, 0.6) is 0 Å². The van der Waals surface area contributed by atoms with Crippen molar-refractivity contribution in [3.63, 3.8) is 0 Å². The van der Waals surface area contributed by atoms with Crippen LogP contribution in [0.3, 0.4) is 0 Å². The van der Waals surface area contributed by atoms with Crippen LogP contribution in [-0.2, 0) is 24.2 Å². The van der Waals surface area contributed by atoms with Crippen molar-refractivity contribution in [2.24, 2.45) is 0 Å². The van der Waals surface area contributed by atoms with Gasteiger partial charge >= 0.3 is 0 Å².